The van der Waals surface area contributed by atoms with Gasteiger partial charge in [-0.25, -0.2) is 8.42 Å². The number of nitrogens with zero attached hydrogens (tertiary/aromatic N) is 1. The van der Waals surface area contributed by atoms with Crippen LogP contribution in [0.25, 0.3) is 0 Å². The van der Waals surface area contributed by atoms with Crippen LogP contribution in [0.15, 0.2) is 23.1 Å². The topological polar surface area (TPSA) is 151 Å². The van der Waals surface area contributed by atoms with Crippen LogP contribution in [0.1, 0.15) is 0 Å². The summed E-state index contributed by atoms with van der Waals surface area (Å²) in [6, 6.07) is 3.01. The highest BCUT2D eigenvalue weighted by molar-refractivity contribution is 7.89. The molecule has 0 aromatic heterocycles. The van der Waals surface area contributed by atoms with Gasteiger partial charge in [0.15, 0.2) is 0 Å². The zero-order chi connectivity index (χ0) is 15.3. The molecule has 3 N–H and O–H groups in total. The van der Waals surface area contributed by atoms with E-state index >= 15 is 0 Å². The van der Waals surface area contributed by atoms with Gasteiger partial charge in [0.05, 0.1) is 12.0 Å². The Morgan fingerprint density at radius 2 is 2.15 bits per heavy atom. The lowest BCUT2D eigenvalue weighted by Gasteiger charge is -2.09. The van der Waals surface area contributed by atoms with E-state index in [2.05, 4.69) is 4.84 Å². The number of primary amides is 1. The van der Waals surface area contributed by atoms with Crippen LogP contribution >= 0.6 is 0 Å². The predicted octanol–water partition coefficient (Wildman–Crippen LogP) is -0.701. The van der Waals surface area contributed by atoms with Gasteiger partial charge >= 0.3 is 0 Å². The highest BCUT2D eigenvalue weighted by atomic mass is 32.2. The Balaban J connectivity index is 3.11. The monoisotopic (exact) mass is 305 g/mol. The molecule has 0 aliphatic carbocycles. The molecule has 0 heterocycles. The van der Waals surface area contributed by atoms with Crippen LogP contribution in [0.4, 0.5) is 5.69 Å². The summed E-state index contributed by atoms with van der Waals surface area (Å²) in [5, 5.41) is 10.6. The number of nitrogens with one attached hydrogen (secondary N) is 1. The van der Waals surface area contributed by atoms with Crippen LogP contribution in [0.2, 0.25) is 0 Å². The molecule has 0 aliphatic heterocycles. The van der Waals surface area contributed by atoms with E-state index in [4.69, 9.17) is 10.5 Å². The van der Waals surface area contributed by atoms with E-state index < -0.39 is 38.0 Å². The summed E-state index contributed by atoms with van der Waals surface area (Å²) in [5.74, 6) is -1.01. The van der Waals surface area contributed by atoms with Crippen molar-refractivity contribution in [3.05, 3.63) is 28.3 Å². The quantitative estimate of drug-likeness (QED) is 0.499. The van der Waals surface area contributed by atoms with Crippen molar-refractivity contribution in [2.45, 2.75) is 4.90 Å². The second-order valence-corrected chi connectivity index (χ2v) is 5.05. The number of carbonyl (C=O) groups excluding carboxylic acids is 1. The number of hydrogen-bond acceptors (Lipinski definition) is 7. The molecular weight excluding hydrogens is 294 g/mol. The zero-order valence-electron chi connectivity index (χ0n) is 10.2. The van der Waals surface area contributed by atoms with Crippen molar-refractivity contribution in [2.24, 2.45) is 5.73 Å². The molecular formula is C9H11N3O7S. The van der Waals surface area contributed by atoms with Gasteiger partial charge in [0.25, 0.3) is 15.7 Å². The lowest BCUT2D eigenvalue weighted by molar-refractivity contribution is -0.385. The van der Waals surface area contributed by atoms with Gasteiger partial charge in [0.1, 0.15) is 17.3 Å². The van der Waals surface area contributed by atoms with E-state index in [-0.39, 0.29) is 5.75 Å². The molecule has 1 aromatic rings. The largest absolute Gasteiger partial charge is 0.495 e. The average molecular weight is 305 g/mol. The fourth-order valence-electron chi connectivity index (χ4n) is 1.21. The second-order valence-electron chi connectivity index (χ2n) is 3.43. The molecule has 0 fully saturated rings. The number of non-ortho nitro benzene ring substituents is 1. The summed E-state index contributed by atoms with van der Waals surface area (Å²) < 4.78 is 28.6. The molecule has 0 unspecified atom stereocenters. The van der Waals surface area contributed by atoms with Gasteiger partial charge in [-0.1, -0.05) is 4.89 Å². The Labute approximate surface area is 113 Å². The van der Waals surface area contributed by atoms with E-state index in [1.807, 2.05) is 0 Å². The van der Waals surface area contributed by atoms with E-state index in [9.17, 15) is 23.3 Å². The first-order valence-electron chi connectivity index (χ1n) is 5.02. The van der Waals surface area contributed by atoms with Crippen LogP contribution in [-0.4, -0.2) is 33.0 Å². The summed E-state index contributed by atoms with van der Waals surface area (Å²) >= 11 is 0. The summed E-state index contributed by atoms with van der Waals surface area (Å²) in [5.41, 5.74) is 4.32. The third-order valence-corrected chi connectivity index (χ3v) is 3.27. The van der Waals surface area contributed by atoms with Crippen LogP contribution < -0.4 is 15.4 Å². The maximum atomic E-state index is 11.9. The molecule has 110 valence electrons. The van der Waals surface area contributed by atoms with Gasteiger partial charge in [-0.15, -0.1) is 0 Å². The number of ether oxygens (including phenoxy) is 1. The fourth-order valence-corrected chi connectivity index (χ4v) is 2.21. The molecule has 0 atom stereocenters. The number of benzene rings is 1. The average Bonchev–Trinajstić information content (AvgIpc) is 2.37. The molecule has 1 aromatic carbocycles. The van der Waals surface area contributed by atoms with Crippen molar-refractivity contribution in [2.75, 3.05) is 13.7 Å². The highest BCUT2D eigenvalue weighted by Crippen LogP contribution is 2.27. The van der Waals surface area contributed by atoms with E-state index in [1.54, 1.807) is 4.89 Å². The Bertz CT molecular complexity index is 628. The fraction of sp³-hybridized carbons (Fsp3) is 0.222. The summed E-state index contributed by atoms with van der Waals surface area (Å²) in [4.78, 5) is 25.8. The molecule has 1 rings (SSSR count). The maximum absolute atomic E-state index is 11.9. The third-order valence-electron chi connectivity index (χ3n) is 2.03. The van der Waals surface area contributed by atoms with Gasteiger partial charge < -0.3 is 10.5 Å². The van der Waals surface area contributed by atoms with Gasteiger partial charge in [-0.3, -0.25) is 19.7 Å². The first-order valence-corrected chi connectivity index (χ1v) is 6.50. The summed E-state index contributed by atoms with van der Waals surface area (Å²) in [6.07, 6.45) is 0. The lowest BCUT2D eigenvalue weighted by Crippen LogP contribution is -2.29. The van der Waals surface area contributed by atoms with Crippen molar-refractivity contribution in [3.8, 4) is 5.75 Å². The number of sulfonamides is 1. The minimum absolute atomic E-state index is 0.120. The smallest absolute Gasteiger partial charge is 0.271 e. The molecule has 11 heteroatoms. The van der Waals surface area contributed by atoms with Crippen LogP contribution in [0.3, 0.4) is 0 Å². The number of hydrogen-bond donors (Lipinski definition) is 2. The molecule has 0 radical (unpaired) electrons. The van der Waals surface area contributed by atoms with Crippen LogP contribution in [0, 0.1) is 10.1 Å². The second kappa shape index (κ2) is 6.27. The van der Waals surface area contributed by atoms with Crippen molar-refractivity contribution in [1.29, 1.82) is 0 Å². The molecule has 0 saturated heterocycles. The van der Waals surface area contributed by atoms with Crippen molar-refractivity contribution < 1.29 is 27.7 Å². The number of amides is 1. The minimum atomic E-state index is -4.26. The molecule has 0 spiro atoms. The molecule has 1 amide bonds. The minimum Gasteiger partial charge on any atom is -0.495 e. The molecule has 10 nitrogen and oxygen atoms in total. The number of nitro groups is 1. The standard InChI is InChI=1S/C9H11N3O7S/c1-18-7-3-2-6(12(14)15)4-8(7)20(16,17)11-19-5-9(10)13/h2-4,11H,5H2,1H3,(H2,10,13). The van der Waals surface area contributed by atoms with Crippen LogP contribution in [-0.2, 0) is 19.7 Å². The Hall–Kier alpha value is -2.24. The Morgan fingerprint density at radius 3 is 2.65 bits per heavy atom. The third kappa shape index (κ3) is 3.88. The number of nitro benzene ring substituents is 1. The lowest BCUT2D eigenvalue weighted by atomic mass is 10.3. The molecule has 0 saturated carbocycles. The number of rotatable bonds is 7. The van der Waals surface area contributed by atoms with Crippen molar-refractivity contribution in [3.63, 3.8) is 0 Å². The molecule has 20 heavy (non-hydrogen) atoms. The van der Waals surface area contributed by atoms with Gasteiger partial charge in [-0.05, 0) is 6.07 Å². The number of methoxy groups -OCH3 is 1. The van der Waals surface area contributed by atoms with Gasteiger partial charge in [0.2, 0.25) is 5.91 Å². The molecule has 0 bridgehead atoms. The maximum Gasteiger partial charge on any atom is 0.271 e. The normalized spacial score (nSPS) is 11.1. The van der Waals surface area contributed by atoms with E-state index in [0.29, 0.717) is 0 Å². The van der Waals surface area contributed by atoms with Crippen LogP contribution in [0.5, 0.6) is 5.75 Å². The first kappa shape index (κ1) is 15.8. The van der Waals surface area contributed by atoms with E-state index in [0.717, 1.165) is 18.2 Å². The van der Waals surface area contributed by atoms with E-state index in [1.165, 1.54) is 7.11 Å². The summed E-state index contributed by atoms with van der Waals surface area (Å²) in [6.45, 7) is -0.684. The summed E-state index contributed by atoms with van der Waals surface area (Å²) in [7, 11) is -3.07. The SMILES string of the molecule is COc1ccc([N+](=O)[O-])cc1S(=O)(=O)NOCC(N)=O. The number of carbonyl (C=O) groups is 1. The van der Waals surface area contributed by atoms with Gasteiger partial charge in [0, 0.05) is 12.1 Å². The number of nitrogens with two attached hydrogens (primary N) is 1. The zero-order valence-corrected chi connectivity index (χ0v) is 11.0. The Morgan fingerprint density at radius 1 is 1.50 bits per heavy atom. The van der Waals surface area contributed by atoms with Gasteiger partial charge in [-0.2, -0.15) is 0 Å². The first-order chi connectivity index (χ1) is 9.27. The highest BCUT2D eigenvalue weighted by Gasteiger charge is 2.23. The predicted molar refractivity (Wildman–Crippen MR) is 65.1 cm³/mol. The van der Waals surface area contributed by atoms with Crippen molar-refractivity contribution in [1.82, 2.24) is 4.89 Å². The van der Waals surface area contributed by atoms with Crippen molar-refractivity contribution >= 4 is 21.6 Å². The molecule has 0 aliphatic rings. The Kier molecular flexibility index (Phi) is 4.96.